The molecule has 20 heavy (non-hydrogen) atoms. The van der Waals surface area contributed by atoms with Gasteiger partial charge in [0.1, 0.15) is 0 Å². The molecule has 0 spiro atoms. The number of para-hydroxylation sites is 1. The molecule has 1 aromatic rings. The molecule has 0 radical (unpaired) electrons. The number of hydrogen-bond acceptors (Lipinski definition) is 3. The van der Waals surface area contributed by atoms with Gasteiger partial charge in [-0.3, -0.25) is 9.69 Å². The summed E-state index contributed by atoms with van der Waals surface area (Å²) in [6.45, 7) is 2.47. The van der Waals surface area contributed by atoms with Crippen molar-refractivity contribution in [2.75, 3.05) is 32.0 Å². The van der Waals surface area contributed by atoms with Crippen LogP contribution in [0.1, 0.15) is 12.8 Å². The lowest BCUT2D eigenvalue weighted by molar-refractivity contribution is -0.117. The highest BCUT2D eigenvalue weighted by Crippen LogP contribution is 2.17. The maximum absolute atomic E-state index is 12.0. The van der Waals surface area contributed by atoms with Gasteiger partial charge in [0.25, 0.3) is 0 Å². The van der Waals surface area contributed by atoms with Crippen LogP contribution in [-0.2, 0) is 4.79 Å². The van der Waals surface area contributed by atoms with Gasteiger partial charge in [-0.25, -0.2) is 0 Å². The van der Waals surface area contributed by atoms with E-state index in [0.717, 1.165) is 35.2 Å². The zero-order valence-electron chi connectivity index (χ0n) is 11.6. The van der Waals surface area contributed by atoms with Gasteiger partial charge < -0.3 is 10.6 Å². The van der Waals surface area contributed by atoms with Crippen LogP contribution < -0.4 is 10.6 Å². The normalized spacial score (nSPS) is 16.5. The summed E-state index contributed by atoms with van der Waals surface area (Å²) in [5, 5.41) is 6.28. The minimum absolute atomic E-state index is 0. The molecule has 1 aliphatic rings. The Hall–Kier alpha value is -0.370. The number of hydrogen-bond donors (Lipinski definition) is 2. The van der Waals surface area contributed by atoms with Crippen LogP contribution in [0.5, 0.6) is 0 Å². The van der Waals surface area contributed by atoms with Crippen molar-refractivity contribution in [3.05, 3.63) is 27.8 Å². The van der Waals surface area contributed by atoms with Crippen LogP contribution in [0.25, 0.3) is 0 Å². The predicted octanol–water partition coefficient (Wildman–Crippen LogP) is 2.34. The number of piperidine rings is 1. The Kier molecular flexibility index (Phi) is 7.79. The summed E-state index contributed by atoms with van der Waals surface area (Å²) in [7, 11) is 2.00. The molecule has 0 atom stereocenters. The first-order valence-electron chi connectivity index (χ1n) is 6.63. The molecule has 0 saturated carbocycles. The summed E-state index contributed by atoms with van der Waals surface area (Å²) < 4.78 is 1.07. The molecular formula is C14H21ClIN3O. The Morgan fingerprint density at radius 3 is 2.60 bits per heavy atom. The Bertz CT molecular complexity index is 436. The number of carbonyl (C=O) groups is 1. The van der Waals surface area contributed by atoms with E-state index in [2.05, 4.69) is 38.1 Å². The molecular weight excluding hydrogens is 389 g/mol. The third-order valence-corrected chi connectivity index (χ3v) is 4.45. The van der Waals surface area contributed by atoms with Crippen molar-refractivity contribution < 1.29 is 4.79 Å². The van der Waals surface area contributed by atoms with Crippen LogP contribution in [0.3, 0.4) is 0 Å². The van der Waals surface area contributed by atoms with Gasteiger partial charge in [0.05, 0.1) is 12.2 Å². The van der Waals surface area contributed by atoms with Crippen molar-refractivity contribution in [2.45, 2.75) is 18.9 Å². The summed E-state index contributed by atoms with van der Waals surface area (Å²) in [6.07, 6.45) is 2.24. The molecule has 2 N–H and O–H groups in total. The van der Waals surface area contributed by atoms with Gasteiger partial charge in [0.15, 0.2) is 0 Å². The summed E-state index contributed by atoms with van der Waals surface area (Å²) in [4.78, 5) is 14.2. The molecule has 1 aromatic carbocycles. The molecule has 0 aromatic heterocycles. The number of rotatable bonds is 4. The van der Waals surface area contributed by atoms with Crippen LogP contribution in [0.2, 0.25) is 0 Å². The number of anilines is 1. The fourth-order valence-corrected chi connectivity index (χ4v) is 2.86. The molecule has 0 bridgehead atoms. The standard InChI is InChI=1S/C14H20IN3O.ClH/c1-16-11-6-8-18(9-7-11)10-14(19)17-13-5-3-2-4-12(13)15;/h2-5,11,16H,6-10H2,1H3,(H,17,19);1H. The molecule has 1 aliphatic heterocycles. The quantitative estimate of drug-likeness (QED) is 0.750. The third-order valence-electron chi connectivity index (χ3n) is 3.51. The van der Waals surface area contributed by atoms with E-state index in [1.165, 1.54) is 0 Å². The van der Waals surface area contributed by atoms with E-state index in [9.17, 15) is 4.79 Å². The minimum Gasteiger partial charge on any atom is -0.324 e. The lowest BCUT2D eigenvalue weighted by atomic mass is 10.1. The molecule has 2 rings (SSSR count). The zero-order chi connectivity index (χ0) is 13.7. The maximum Gasteiger partial charge on any atom is 0.238 e. The van der Waals surface area contributed by atoms with Crippen LogP contribution in [-0.4, -0.2) is 43.5 Å². The van der Waals surface area contributed by atoms with Crippen molar-refractivity contribution >= 4 is 46.6 Å². The highest BCUT2D eigenvalue weighted by Gasteiger charge is 2.19. The Morgan fingerprint density at radius 2 is 2.00 bits per heavy atom. The van der Waals surface area contributed by atoms with Crippen LogP contribution in [0.4, 0.5) is 5.69 Å². The van der Waals surface area contributed by atoms with E-state index in [1.807, 2.05) is 31.3 Å². The zero-order valence-corrected chi connectivity index (χ0v) is 14.5. The molecule has 6 heteroatoms. The summed E-state index contributed by atoms with van der Waals surface area (Å²) >= 11 is 2.24. The summed E-state index contributed by atoms with van der Waals surface area (Å²) in [6, 6.07) is 8.45. The van der Waals surface area contributed by atoms with Crippen molar-refractivity contribution in [3.8, 4) is 0 Å². The Balaban J connectivity index is 0.00000200. The molecule has 0 aliphatic carbocycles. The maximum atomic E-state index is 12.0. The van der Waals surface area contributed by atoms with Crippen LogP contribution in [0.15, 0.2) is 24.3 Å². The van der Waals surface area contributed by atoms with Gasteiger partial charge in [-0.15, -0.1) is 12.4 Å². The monoisotopic (exact) mass is 409 g/mol. The largest absolute Gasteiger partial charge is 0.324 e. The van der Waals surface area contributed by atoms with Gasteiger partial charge >= 0.3 is 0 Å². The van der Waals surface area contributed by atoms with Gasteiger partial charge in [-0.1, -0.05) is 12.1 Å². The number of carbonyl (C=O) groups excluding carboxylic acids is 1. The first kappa shape index (κ1) is 17.7. The van der Waals surface area contributed by atoms with Gasteiger partial charge in [0, 0.05) is 22.7 Å². The second kappa shape index (κ2) is 8.81. The van der Waals surface area contributed by atoms with E-state index >= 15 is 0 Å². The smallest absolute Gasteiger partial charge is 0.238 e. The second-order valence-corrected chi connectivity index (χ2v) is 6.03. The number of likely N-dealkylation sites (tertiary alicyclic amines) is 1. The SMILES string of the molecule is CNC1CCN(CC(=O)Nc2ccccc2I)CC1.Cl. The second-order valence-electron chi connectivity index (χ2n) is 4.87. The van der Waals surface area contributed by atoms with E-state index in [1.54, 1.807) is 0 Å². The van der Waals surface area contributed by atoms with Crippen LogP contribution in [0, 0.1) is 3.57 Å². The fourth-order valence-electron chi connectivity index (χ4n) is 2.34. The molecule has 1 heterocycles. The molecule has 112 valence electrons. The Morgan fingerprint density at radius 1 is 1.35 bits per heavy atom. The lowest BCUT2D eigenvalue weighted by Crippen LogP contribution is -2.44. The number of nitrogens with one attached hydrogen (secondary N) is 2. The van der Waals surface area contributed by atoms with E-state index in [-0.39, 0.29) is 18.3 Å². The molecule has 4 nitrogen and oxygen atoms in total. The Labute approximate surface area is 140 Å². The average molecular weight is 410 g/mol. The average Bonchev–Trinajstić information content (AvgIpc) is 2.42. The number of amides is 1. The molecule has 1 fully saturated rings. The van der Waals surface area contributed by atoms with Gasteiger partial charge in [-0.05, 0) is 54.6 Å². The number of halogens is 2. The van der Waals surface area contributed by atoms with Crippen molar-refractivity contribution in [2.24, 2.45) is 0 Å². The molecule has 1 saturated heterocycles. The van der Waals surface area contributed by atoms with Crippen LogP contribution >= 0.6 is 35.0 Å². The first-order valence-corrected chi connectivity index (χ1v) is 7.71. The topological polar surface area (TPSA) is 44.4 Å². The highest BCUT2D eigenvalue weighted by atomic mass is 127. The van der Waals surface area contributed by atoms with Gasteiger partial charge in [-0.2, -0.15) is 0 Å². The molecule has 1 amide bonds. The minimum atomic E-state index is 0. The number of nitrogens with zero attached hydrogens (tertiary/aromatic N) is 1. The number of benzene rings is 1. The van der Waals surface area contributed by atoms with E-state index < -0.39 is 0 Å². The fraction of sp³-hybridized carbons (Fsp3) is 0.500. The van der Waals surface area contributed by atoms with Crippen molar-refractivity contribution in [1.82, 2.24) is 10.2 Å². The van der Waals surface area contributed by atoms with Crippen molar-refractivity contribution in [3.63, 3.8) is 0 Å². The summed E-state index contributed by atoms with van der Waals surface area (Å²) in [5.74, 6) is 0.0759. The van der Waals surface area contributed by atoms with E-state index in [0.29, 0.717) is 12.6 Å². The lowest BCUT2D eigenvalue weighted by Gasteiger charge is -2.31. The first-order chi connectivity index (χ1) is 9.19. The summed E-state index contributed by atoms with van der Waals surface area (Å²) in [5.41, 5.74) is 0.901. The third kappa shape index (κ3) is 5.20. The van der Waals surface area contributed by atoms with Crippen molar-refractivity contribution in [1.29, 1.82) is 0 Å². The van der Waals surface area contributed by atoms with Gasteiger partial charge in [0.2, 0.25) is 5.91 Å². The van der Waals surface area contributed by atoms with E-state index in [4.69, 9.17) is 0 Å². The highest BCUT2D eigenvalue weighted by molar-refractivity contribution is 14.1. The predicted molar refractivity (Wildman–Crippen MR) is 93.6 cm³/mol. The molecule has 0 unspecified atom stereocenters.